The van der Waals surface area contributed by atoms with Crippen LogP contribution in [0.4, 0.5) is 10.1 Å². The number of oxime groups is 1. The van der Waals surface area contributed by atoms with Crippen LogP contribution in [0, 0.1) is 5.82 Å². The quantitative estimate of drug-likeness (QED) is 0.250. The second kappa shape index (κ2) is 10.6. The van der Waals surface area contributed by atoms with E-state index in [-0.39, 0.29) is 24.9 Å². The van der Waals surface area contributed by atoms with Crippen molar-refractivity contribution in [1.29, 1.82) is 0 Å². The summed E-state index contributed by atoms with van der Waals surface area (Å²) in [6.07, 6.45) is 1.49. The van der Waals surface area contributed by atoms with Crippen LogP contribution in [0.25, 0.3) is 10.8 Å². The lowest BCUT2D eigenvalue weighted by atomic mass is 10.0. The largest absolute Gasteiger partial charge is 0.488 e. The van der Waals surface area contributed by atoms with Gasteiger partial charge in [-0.05, 0) is 47.2 Å². The fraction of sp³-hybridized carbons (Fsp3) is 0.0769. The Morgan fingerprint density at radius 3 is 2.55 bits per heavy atom. The molecule has 5 nitrogen and oxygen atoms in total. The number of amides is 1. The Morgan fingerprint density at radius 2 is 1.73 bits per heavy atom. The summed E-state index contributed by atoms with van der Waals surface area (Å²) in [5.41, 5.74) is 1.72. The van der Waals surface area contributed by atoms with Crippen molar-refractivity contribution in [2.24, 2.45) is 5.16 Å². The summed E-state index contributed by atoms with van der Waals surface area (Å²) in [5, 5.41) is 9.11. The van der Waals surface area contributed by atoms with E-state index in [0.29, 0.717) is 27.6 Å². The average molecular weight is 463 g/mol. The first kappa shape index (κ1) is 22.3. The molecule has 0 heterocycles. The topological polar surface area (TPSA) is 59.9 Å². The van der Waals surface area contributed by atoms with Gasteiger partial charge in [0.15, 0.2) is 6.61 Å². The van der Waals surface area contributed by atoms with Gasteiger partial charge in [-0.25, -0.2) is 4.39 Å². The molecule has 4 aromatic rings. The first-order valence-electron chi connectivity index (χ1n) is 10.2. The smallest absolute Gasteiger partial charge is 0.265 e. The van der Waals surface area contributed by atoms with Crippen LogP contribution < -0.4 is 10.1 Å². The number of benzene rings is 4. The molecule has 0 aliphatic carbocycles. The van der Waals surface area contributed by atoms with E-state index in [2.05, 4.69) is 10.5 Å². The number of carbonyl (C=O) groups is 1. The molecule has 0 saturated carbocycles. The molecule has 0 bridgehead atoms. The van der Waals surface area contributed by atoms with Crippen LogP contribution in [-0.4, -0.2) is 18.7 Å². The molecule has 0 radical (unpaired) electrons. The van der Waals surface area contributed by atoms with Crippen LogP contribution in [0.2, 0.25) is 5.02 Å². The van der Waals surface area contributed by atoms with Gasteiger partial charge in [0.05, 0.1) is 6.21 Å². The van der Waals surface area contributed by atoms with Crippen LogP contribution >= 0.6 is 11.6 Å². The lowest BCUT2D eigenvalue weighted by Gasteiger charge is -2.12. The summed E-state index contributed by atoms with van der Waals surface area (Å²) in [6.45, 7) is -0.203. The Hall–Kier alpha value is -3.90. The van der Waals surface area contributed by atoms with Gasteiger partial charge in [-0.2, -0.15) is 0 Å². The molecule has 0 spiro atoms. The van der Waals surface area contributed by atoms with Gasteiger partial charge >= 0.3 is 0 Å². The number of carbonyl (C=O) groups excluding carboxylic acids is 1. The van der Waals surface area contributed by atoms with Crippen molar-refractivity contribution in [2.75, 3.05) is 11.9 Å². The van der Waals surface area contributed by atoms with Gasteiger partial charge in [-0.15, -0.1) is 0 Å². The Labute approximate surface area is 195 Å². The lowest BCUT2D eigenvalue weighted by Crippen LogP contribution is -2.16. The summed E-state index contributed by atoms with van der Waals surface area (Å²) in [4.78, 5) is 17.3. The third kappa shape index (κ3) is 5.87. The molecule has 0 saturated heterocycles. The van der Waals surface area contributed by atoms with Gasteiger partial charge in [-0.3, -0.25) is 4.79 Å². The van der Waals surface area contributed by atoms with Gasteiger partial charge in [0.2, 0.25) is 0 Å². The summed E-state index contributed by atoms with van der Waals surface area (Å²) in [5.74, 6) is -0.165. The third-order valence-corrected chi connectivity index (χ3v) is 5.10. The Kier molecular flexibility index (Phi) is 7.17. The zero-order valence-corrected chi connectivity index (χ0v) is 18.3. The average Bonchev–Trinajstić information content (AvgIpc) is 2.83. The van der Waals surface area contributed by atoms with Crippen molar-refractivity contribution in [2.45, 2.75) is 6.61 Å². The summed E-state index contributed by atoms with van der Waals surface area (Å²) in [6, 6.07) is 24.7. The van der Waals surface area contributed by atoms with E-state index in [1.165, 1.54) is 12.3 Å². The minimum Gasteiger partial charge on any atom is -0.488 e. The molecule has 33 heavy (non-hydrogen) atoms. The highest BCUT2D eigenvalue weighted by Crippen LogP contribution is 2.27. The highest BCUT2D eigenvalue weighted by molar-refractivity contribution is 6.30. The monoisotopic (exact) mass is 462 g/mol. The van der Waals surface area contributed by atoms with Crippen LogP contribution in [0.1, 0.15) is 11.1 Å². The van der Waals surface area contributed by atoms with E-state index in [1.54, 1.807) is 48.5 Å². The Morgan fingerprint density at radius 1 is 0.970 bits per heavy atom. The normalized spacial score (nSPS) is 11.0. The highest BCUT2D eigenvalue weighted by Gasteiger charge is 2.10. The summed E-state index contributed by atoms with van der Waals surface area (Å²) >= 11 is 5.84. The molecule has 166 valence electrons. The van der Waals surface area contributed by atoms with E-state index >= 15 is 0 Å². The van der Waals surface area contributed by atoms with Crippen molar-refractivity contribution in [3.8, 4) is 5.75 Å². The summed E-state index contributed by atoms with van der Waals surface area (Å²) < 4.78 is 19.9. The zero-order chi connectivity index (χ0) is 23.0. The third-order valence-electron chi connectivity index (χ3n) is 4.85. The predicted octanol–water partition coefficient (Wildman–Crippen LogP) is 6.20. The number of halogens is 2. The molecule has 7 heteroatoms. The minimum absolute atomic E-state index is 0.0657. The molecule has 0 aliphatic heterocycles. The molecule has 4 rings (SSSR count). The molecule has 0 aromatic heterocycles. The van der Waals surface area contributed by atoms with Crippen molar-refractivity contribution in [1.82, 2.24) is 0 Å². The second-order valence-electron chi connectivity index (χ2n) is 7.14. The van der Waals surface area contributed by atoms with Gasteiger partial charge in [0.25, 0.3) is 5.91 Å². The van der Waals surface area contributed by atoms with Crippen LogP contribution in [0.5, 0.6) is 5.75 Å². The van der Waals surface area contributed by atoms with Crippen LogP contribution in [0.15, 0.2) is 90.1 Å². The van der Waals surface area contributed by atoms with E-state index < -0.39 is 0 Å². The van der Waals surface area contributed by atoms with E-state index in [0.717, 1.165) is 10.8 Å². The van der Waals surface area contributed by atoms with Gasteiger partial charge in [0, 0.05) is 21.8 Å². The van der Waals surface area contributed by atoms with Crippen molar-refractivity contribution < 1.29 is 18.8 Å². The maximum absolute atomic E-state index is 14.0. The van der Waals surface area contributed by atoms with Gasteiger partial charge in [-0.1, -0.05) is 65.3 Å². The number of rotatable bonds is 8. The first-order chi connectivity index (χ1) is 16.1. The first-order valence-corrected chi connectivity index (χ1v) is 10.6. The molecule has 1 amide bonds. The SMILES string of the molecule is O=C(CON=Cc1c(OCc2ccccc2F)ccc2ccccc12)Nc1ccc(Cl)cc1. The van der Waals surface area contributed by atoms with Gasteiger partial charge < -0.3 is 14.9 Å². The molecule has 0 unspecified atom stereocenters. The number of hydrogen-bond acceptors (Lipinski definition) is 4. The fourth-order valence-corrected chi connectivity index (χ4v) is 3.35. The van der Waals surface area contributed by atoms with Crippen molar-refractivity contribution in [3.63, 3.8) is 0 Å². The Bertz CT molecular complexity index is 1290. The maximum Gasteiger partial charge on any atom is 0.265 e. The number of nitrogens with zero attached hydrogens (tertiary/aromatic N) is 1. The lowest BCUT2D eigenvalue weighted by molar-refractivity contribution is -0.120. The van der Waals surface area contributed by atoms with Gasteiger partial charge in [0.1, 0.15) is 18.2 Å². The molecular formula is C26H20ClFN2O3. The minimum atomic E-state index is -0.358. The zero-order valence-electron chi connectivity index (χ0n) is 17.5. The van der Waals surface area contributed by atoms with Crippen molar-refractivity contribution in [3.05, 3.63) is 107 Å². The predicted molar refractivity (Wildman–Crippen MR) is 128 cm³/mol. The van der Waals surface area contributed by atoms with Crippen LogP contribution in [0.3, 0.4) is 0 Å². The Balaban J connectivity index is 1.46. The number of ether oxygens (including phenoxy) is 1. The maximum atomic E-state index is 14.0. The van der Waals surface area contributed by atoms with E-state index in [9.17, 15) is 9.18 Å². The number of hydrogen-bond donors (Lipinski definition) is 1. The van der Waals surface area contributed by atoms with Crippen molar-refractivity contribution >= 4 is 40.2 Å². The molecule has 1 N–H and O–H groups in total. The molecule has 4 aromatic carbocycles. The fourth-order valence-electron chi connectivity index (χ4n) is 3.22. The molecular weight excluding hydrogens is 443 g/mol. The summed E-state index contributed by atoms with van der Waals surface area (Å²) in [7, 11) is 0. The second-order valence-corrected chi connectivity index (χ2v) is 7.58. The number of fused-ring (bicyclic) bond motifs is 1. The van der Waals surface area contributed by atoms with E-state index in [4.69, 9.17) is 21.2 Å². The highest BCUT2D eigenvalue weighted by atomic mass is 35.5. The number of nitrogens with one attached hydrogen (secondary N) is 1. The van der Waals surface area contributed by atoms with Crippen LogP contribution in [-0.2, 0) is 16.2 Å². The number of anilines is 1. The standard InChI is InChI=1S/C26H20ClFN2O3/c27-20-10-12-21(13-11-20)30-26(31)17-33-29-15-23-22-7-3-1-5-18(22)9-14-25(23)32-16-19-6-2-4-8-24(19)28/h1-15H,16-17H2,(H,30,31). The molecule has 0 atom stereocenters. The van der Waals surface area contributed by atoms with E-state index in [1.807, 2.05) is 30.3 Å². The molecule has 0 aliphatic rings. The molecule has 0 fully saturated rings.